The van der Waals surface area contributed by atoms with Gasteiger partial charge in [0.15, 0.2) is 0 Å². The quantitative estimate of drug-likeness (QED) is 0.862. The Balaban J connectivity index is 2.14. The number of benzene rings is 1. The molecular weight excluding hydrogens is 261 g/mol. The second kappa shape index (κ2) is 6.70. The number of methoxy groups -OCH3 is 1. The first-order valence-electron chi connectivity index (χ1n) is 6.90. The number of nitrogens with one attached hydrogen (secondary N) is 1. The van der Waals surface area contributed by atoms with Crippen LogP contribution in [0.5, 0.6) is 0 Å². The maximum Gasteiger partial charge on any atom is 0.340 e. The van der Waals surface area contributed by atoms with Crippen LogP contribution in [0.25, 0.3) is 0 Å². The van der Waals surface area contributed by atoms with Crippen LogP contribution in [0.1, 0.15) is 36.5 Å². The maximum absolute atomic E-state index is 13.3. The molecule has 1 heterocycles. The summed E-state index contributed by atoms with van der Waals surface area (Å²) in [5.41, 5.74) is 0.840. The molecule has 0 spiro atoms. The van der Waals surface area contributed by atoms with Crippen molar-refractivity contribution in [1.29, 1.82) is 0 Å². The molecule has 5 heteroatoms. The largest absolute Gasteiger partial charge is 0.465 e. The van der Waals surface area contributed by atoms with Crippen molar-refractivity contribution < 1.29 is 18.7 Å². The summed E-state index contributed by atoms with van der Waals surface area (Å²) >= 11 is 0. The minimum absolute atomic E-state index is 0.225. The molecule has 1 aromatic carbocycles. The lowest BCUT2D eigenvalue weighted by Crippen LogP contribution is -2.34. The van der Waals surface area contributed by atoms with Crippen LogP contribution in [0.15, 0.2) is 18.2 Å². The number of hydrogen-bond donors (Lipinski definition) is 1. The Kier molecular flexibility index (Phi) is 4.95. The Morgan fingerprint density at radius 3 is 3.05 bits per heavy atom. The molecule has 0 bridgehead atoms. The van der Waals surface area contributed by atoms with E-state index in [2.05, 4.69) is 12.2 Å². The van der Waals surface area contributed by atoms with E-state index < -0.39 is 11.8 Å². The highest BCUT2D eigenvalue weighted by molar-refractivity contribution is 5.95. The lowest BCUT2D eigenvalue weighted by Gasteiger charge is -2.30. The standard InChI is InChI=1S/C15H20FNO3/c1-3-12-9-11(6-7-20-12)17-14-5-4-10(16)8-13(14)15(18)19-2/h4-5,8,11-12,17H,3,6-7,9H2,1-2H3. The lowest BCUT2D eigenvalue weighted by atomic mass is 10.0. The van der Waals surface area contributed by atoms with Crippen LogP contribution in [-0.4, -0.2) is 31.8 Å². The fourth-order valence-electron chi connectivity index (χ4n) is 2.44. The number of ether oxygens (including phenoxy) is 2. The maximum atomic E-state index is 13.3. The fraction of sp³-hybridized carbons (Fsp3) is 0.533. The third kappa shape index (κ3) is 3.48. The number of hydrogen-bond acceptors (Lipinski definition) is 4. The van der Waals surface area contributed by atoms with Crippen LogP contribution < -0.4 is 5.32 Å². The van der Waals surface area contributed by atoms with Gasteiger partial charge in [-0.1, -0.05) is 6.92 Å². The van der Waals surface area contributed by atoms with Gasteiger partial charge in [0, 0.05) is 18.3 Å². The monoisotopic (exact) mass is 281 g/mol. The van der Waals surface area contributed by atoms with Crippen molar-refractivity contribution in [3.8, 4) is 0 Å². The van der Waals surface area contributed by atoms with E-state index in [1.807, 2.05) is 0 Å². The number of halogens is 1. The number of carbonyl (C=O) groups excluding carboxylic acids is 1. The smallest absolute Gasteiger partial charge is 0.340 e. The van der Waals surface area contributed by atoms with E-state index >= 15 is 0 Å². The molecular formula is C15H20FNO3. The Morgan fingerprint density at radius 1 is 1.55 bits per heavy atom. The van der Waals surface area contributed by atoms with Crippen LogP contribution in [0.3, 0.4) is 0 Å². The molecule has 0 radical (unpaired) electrons. The first-order valence-corrected chi connectivity index (χ1v) is 6.90. The lowest BCUT2D eigenvalue weighted by molar-refractivity contribution is 0.00924. The molecule has 1 aliphatic heterocycles. The molecule has 4 nitrogen and oxygen atoms in total. The molecule has 2 unspecified atom stereocenters. The minimum Gasteiger partial charge on any atom is -0.465 e. The highest BCUT2D eigenvalue weighted by atomic mass is 19.1. The summed E-state index contributed by atoms with van der Waals surface area (Å²) in [6.45, 7) is 2.79. The number of rotatable bonds is 4. The van der Waals surface area contributed by atoms with Gasteiger partial charge in [0.25, 0.3) is 0 Å². The zero-order chi connectivity index (χ0) is 14.5. The summed E-state index contributed by atoms with van der Waals surface area (Å²) in [4.78, 5) is 11.7. The van der Waals surface area contributed by atoms with Crippen molar-refractivity contribution in [2.24, 2.45) is 0 Å². The Hall–Kier alpha value is -1.62. The summed E-state index contributed by atoms with van der Waals surface area (Å²) in [6, 6.07) is 4.34. The van der Waals surface area contributed by atoms with Gasteiger partial charge in [-0.25, -0.2) is 9.18 Å². The topological polar surface area (TPSA) is 47.6 Å². The third-order valence-corrected chi connectivity index (χ3v) is 3.57. The van der Waals surface area contributed by atoms with Gasteiger partial charge < -0.3 is 14.8 Å². The summed E-state index contributed by atoms with van der Waals surface area (Å²) < 4.78 is 23.6. The van der Waals surface area contributed by atoms with Gasteiger partial charge in [0.2, 0.25) is 0 Å². The minimum atomic E-state index is -0.536. The van der Waals surface area contributed by atoms with E-state index in [1.54, 1.807) is 6.07 Å². The van der Waals surface area contributed by atoms with Crippen molar-refractivity contribution in [2.75, 3.05) is 19.0 Å². The van der Waals surface area contributed by atoms with Gasteiger partial charge in [0.1, 0.15) is 5.82 Å². The molecule has 110 valence electrons. The van der Waals surface area contributed by atoms with Gasteiger partial charge in [-0.2, -0.15) is 0 Å². The van der Waals surface area contributed by atoms with E-state index in [1.165, 1.54) is 19.2 Å². The van der Waals surface area contributed by atoms with Crippen molar-refractivity contribution in [3.63, 3.8) is 0 Å². The molecule has 1 fully saturated rings. The van der Waals surface area contributed by atoms with Crippen molar-refractivity contribution in [1.82, 2.24) is 0 Å². The zero-order valence-electron chi connectivity index (χ0n) is 11.8. The molecule has 20 heavy (non-hydrogen) atoms. The van der Waals surface area contributed by atoms with Crippen molar-refractivity contribution in [2.45, 2.75) is 38.3 Å². The zero-order valence-corrected chi connectivity index (χ0v) is 11.8. The molecule has 0 saturated carbocycles. The highest BCUT2D eigenvalue weighted by Gasteiger charge is 2.23. The molecule has 2 rings (SSSR count). The van der Waals surface area contributed by atoms with Crippen LogP contribution in [0, 0.1) is 5.82 Å². The molecule has 0 aliphatic carbocycles. The normalized spacial score (nSPS) is 22.4. The second-order valence-electron chi connectivity index (χ2n) is 4.95. The van der Waals surface area contributed by atoms with Crippen molar-refractivity contribution >= 4 is 11.7 Å². The van der Waals surface area contributed by atoms with Crippen molar-refractivity contribution in [3.05, 3.63) is 29.6 Å². The molecule has 2 atom stereocenters. The van der Waals surface area contributed by atoms with Crippen LogP contribution in [0.2, 0.25) is 0 Å². The Bertz CT molecular complexity index is 478. The van der Waals surface area contributed by atoms with E-state index in [0.717, 1.165) is 19.3 Å². The third-order valence-electron chi connectivity index (χ3n) is 3.57. The molecule has 1 aliphatic rings. The first kappa shape index (κ1) is 14.8. The van der Waals surface area contributed by atoms with Gasteiger partial charge in [-0.05, 0) is 37.5 Å². The van der Waals surface area contributed by atoms with Gasteiger partial charge >= 0.3 is 5.97 Å². The fourth-order valence-corrected chi connectivity index (χ4v) is 2.44. The first-order chi connectivity index (χ1) is 9.63. The summed E-state index contributed by atoms with van der Waals surface area (Å²) in [7, 11) is 1.29. The van der Waals surface area contributed by atoms with Crippen LogP contribution in [0.4, 0.5) is 10.1 Å². The predicted octanol–water partition coefficient (Wildman–Crippen LogP) is 2.98. The van der Waals surface area contributed by atoms with Crippen LogP contribution >= 0.6 is 0 Å². The summed E-state index contributed by atoms with van der Waals surface area (Å²) in [6.07, 6.45) is 2.96. The van der Waals surface area contributed by atoms with E-state index in [4.69, 9.17) is 9.47 Å². The molecule has 1 aromatic rings. The van der Waals surface area contributed by atoms with Gasteiger partial charge in [0.05, 0.1) is 18.8 Å². The summed E-state index contributed by atoms with van der Waals surface area (Å²) in [5.74, 6) is -0.986. The molecule has 0 aromatic heterocycles. The van der Waals surface area contributed by atoms with Gasteiger partial charge in [-0.15, -0.1) is 0 Å². The number of carbonyl (C=O) groups is 1. The predicted molar refractivity (Wildman–Crippen MR) is 74.4 cm³/mol. The summed E-state index contributed by atoms with van der Waals surface area (Å²) in [5, 5.41) is 3.31. The van der Waals surface area contributed by atoms with E-state index in [0.29, 0.717) is 12.3 Å². The van der Waals surface area contributed by atoms with Crippen LogP contribution in [-0.2, 0) is 9.47 Å². The molecule has 1 saturated heterocycles. The average molecular weight is 281 g/mol. The highest BCUT2D eigenvalue weighted by Crippen LogP contribution is 2.24. The second-order valence-corrected chi connectivity index (χ2v) is 4.95. The van der Waals surface area contributed by atoms with Gasteiger partial charge in [-0.3, -0.25) is 0 Å². The average Bonchev–Trinajstić information content (AvgIpc) is 2.48. The SMILES string of the molecule is CCC1CC(Nc2ccc(F)cc2C(=O)OC)CCO1. The van der Waals surface area contributed by atoms with E-state index in [9.17, 15) is 9.18 Å². The van der Waals surface area contributed by atoms with E-state index in [-0.39, 0.29) is 17.7 Å². The Labute approximate surface area is 118 Å². The Morgan fingerprint density at radius 2 is 2.35 bits per heavy atom. The molecule has 1 N–H and O–H groups in total. The molecule has 0 amide bonds. The number of anilines is 1. The number of esters is 1.